The molecular formula is C10H20O2S. The minimum absolute atomic E-state index is 0.305. The monoisotopic (exact) mass is 204 g/mol. The van der Waals surface area contributed by atoms with E-state index in [9.17, 15) is 4.79 Å². The van der Waals surface area contributed by atoms with Crippen LogP contribution in [0.3, 0.4) is 0 Å². The van der Waals surface area contributed by atoms with Crippen LogP contribution in [0.25, 0.3) is 0 Å². The second kappa shape index (κ2) is 9.90. The number of hydrogen-bond donors (Lipinski definition) is 1. The zero-order valence-corrected chi connectivity index (χ0v) is 9.24. The number of hydrogen-bond acceptors (Lipinski definition) is 2. The molecule has 0 radical (unpaired) electrons. The molecular weight excluding hydrogens is 184 g/mol. The van der Waals surface area contributed by atoms with Crippen molar-refractivity contribution < 1.29 is 9.90 Å². The molecule has 13 heavy (non-hydrogen) atoms. The van der Waals surface area contributed by atoms with E-state index < -0.39 is 5.97 Å². The molecule has 0 unspecified atom stereocenters. The van der Waals surface area contributed by atoms with Gasteiger partial charge in [-0.25, -0.2) is 0 Å². The molecule has 0 rings (SSSR count). The van der Waals surface area contributed by atoms with Gasteiger partial charge < -0.3 is 5.11 Å². The zero-order chi connectivity index (χ0) is 9.94. The number of unbranched alkanes of at least 4 members (excludes halogenated alkanes) is 4. The van der Waals surface area contributed by atoms with E-state index in [1.54, 1.807) is 11.8 Å². The predicted molar refractivity (Wildman–Crippen MR) is 58.3 cm³/mol. The van der Waals surface area contributed by atoms with Crippen molar-refractivity contribution in [2.24, 2.45) is 0 Å². The Balaban J connectivity index is 2.87. The third-order valence-electron chi connectivity index (χ3n) is 1.85. The highest BCUT2D eigenvalue weighted by Gasteiger charge is 1.96. The topological polar surface area (TPSA) is 37.3 Å². The van der Waals surface area contributed by atoms with Gasteiger partial charge in [-0.1, -0.05) is 32.6 Å². The highest BCUT2D eigenvalue weighted by atomic mass is 32.2. The van der Waals surface area contributed by atoms with Crippen molar-refractivity contribution in [1.82, 2.24) is 0 Å². The van der Waals surface area contributed by atoms with Gasteiger partial charge in [-0.2, -0.15) is 11.8 Å². The van der Waals surface area contributed by atoms with Crippen LogP contribution in [0.4, 0.5) is 0 Å². The lowest BCUT2D eigenvalue weighted by Crippen LogP contribution is -1.96. The standard InChI is InChI=1S/C10H20O2S/c1-2-3-4-5-6-8-13-9-7-10(11)12/h2-9H2,1H3,(H,11,12). The van der Waals surface area contributed by atoms with Crippen LogP contribution < -0.4 is 0 Å². The SMILES string of the molecule is CCCCCCCSCCC(=O)O. The summed E-state index contributed by atoms with van der Waals surface area (Å²) in [4.78, 5) is 10.2. The summed E-state index contributed by atoms with van der Waals surface area (Å²) in [5, 5.41) is 8.37. The van der Waals surface area contributed by atoms with Gasteiger partial charge in [-0.05, 0) is 12.2 Å². The summed E-state index contributed by atoms with van der Waals surface area (Å²) >= 11 is 1.76. The molecule has 0 aromatic carbocycles. The fourth-order valence-corrected chi connectivity index (χ4v) is 2.00. The molecule has 0 aliphatic rings. The summed E-state index contributed by atoms with van der Waals surface area (Å²) in [7, 11) is 0. The van der Waals surface area contributed by atoms with Crippen LogP contribution in [0.5, 0.6) is 0 Å². The first-order chi connectivity index (χ1) is 6.27. The lowest BCUT2D eigenvalue weighted by molar-refractivity contribution is -0.136. The van der Waals surface area contributed by atoms with Crippen molar-refractivity contribution in [2.75, 3.05) is 11.5 Å². The lowest BCUT2D eigenvalue weighted by Gasteiger charge is -1.99. The minimum Gasteiger partial charge on any atom is -0.481 e. The molecule has 0 atom stereocenters. The van der Waals surface area contributed by atoms with Crippen molar-refractivity contribution in [2.45, 2.75) is 45.4 Å². The summed E-state index contributed by atoms with van der Waals surface area (Å²) in [6.07, 6.45) is 6.79. The Kier molecular flexibility index (Phi) is 9.77. The van der Waals surface area contributed by atoms with Gasteiger partial charge in [0, 0.05) is 5.75 Å². The third kappa shape index (κ3) is 11.8. The van der Waals surface area contributed by atoms with Crippen molar-refractivity contribution in [1.29, 1.82) is 0 Å². The van der Waals surface area contributed by atoms with Crippen LogP contribution >= 0.6 is 11.8 Å². The molecule has 0 fully saturated rings. The van der Waals surface area contributed by atoms with Crippen LogP contribution in [-0.2, 0) is 4.79 Å². The molecule has 2 nitrogen and oxygen atoms in total. The van der Waals surface area contributed by atoms with Crippen LogP contribution in [0.15, 0.2) is 0 Å². The molecule has 0 spiro atoms. The number of carbonyl (C=O) groups is 1. The zero-order valence-electron chi connectivity index (χ0n) is 8.42. The van der Waals surface area contributed by atoms with Gasteiger partial charge in [0.25, 0.3) is 0 Å². The average Bonchev–Trinajstić information content (AvgIpc) is 2.09. The van der Waals surface area contributed by atoms with Crippen LogP contribution in [-0.4, -0.2) is 22.6 Å². The Morgan fingerprint density at radius 3 is 2.46 bits per heavy atom. The number of carboxylic acids is 1. The van der Waals surface area contributed by atoms with Gasteiger partial charge in [-0.15, -0.1) is 0 Å². The maximum Gasteiger partial charge on any atom is 0.304 e. The van der Waals surface area contributed by atoms with Gasteiger partial charge in [0.2, 0.25) is 0 Å². The average molecular weight is 204 g/mol. The molecule has 3 heteroatoms. The maximum absolute atomic E-state index is 10.2. The molecule has 0 saturated heterocycles. The highest BCUT2D eigenvalue weighted by Crippen LogP contribution is 2.09. The Morgan fingerprint density at radius 1 is 1.15 bits per heavy atom. The van der Waals surface area contributed by atoms with E-state index in [0.717, 1.165) is 11.5 Å². The quantitative estimate of drug-likeness (QED) is 0.586. The van der Waals surface area contributed by atoms with E-state index in [-0.39, 0.29) is 0 Å². The molecule has 0 aromatic heterocycles. The molecule has 0 heterocycles. The van der Waals surface area contributed by atoms with Crippen molar-refractivity contribution in [3.05, 3.63) is 0 Å². The van der Waals surface area contributed by atoms with Gasteiger partial charge in [-0.3, -0.25) is 4.79 Å². The molecule has 0 aliphatic heterocycles. The Morgan fingerprint density at radius 2 is 1.85 bits per heavy atom. The van der Waals surface area contributed by atoms with E-state index in [1.165, 1.54) is 32.1 Å². The van der Waals surface area contributed by atoms with E-state index in [2.05, 4.69) is 6.92 Å². The molecule has 0 amide bonds. The van der Waals surface area contributed by atoms with Crippen LogP contribution in [0.2, 0.25) is 0 Å². The van der Waals surface area contributed by atoms with Crippen molar-refractivity contribution in [3.63, 3.8) is 0 Å². The molecule has 78 valence electrons. The molecule has 1 N–H and O–H groups in total. The normalized spacial score (nSPS) is 10.2. The second-order valence-corrected chi connectivity index (χ2v) is 4.40. The smallest absolute Gasteiger partial charge is 0.304 e. The highest BCUT2D eigenvalue weighted by molar-refractivity contribution is 7.99. The van der Waals surface area contributed by atoms with Crippen LogP contribution in [0, 0.1) is 0 Å². The van der Waals surface area contributed by atoms with Crippen molar-refractivity contribution in [3.8, 4) is 0 Å². The minimum atomic E-state index is -0.682. The number of carboxylic acid groups (broad SMARTS) is 1. The summed E-state index contributed by atoms with van der Waals surface area (Å²) in [5.41, 5.74) is 0. The fraction of sp³-hybridized carbons (Fsp3) is 0.900. The summed E-state index contributed by atoms with van der Waals surface area (Å²) < 4.78 is 0. The summed E-state index contributed by atoms with van der Waals surface area (Å²) in [6.45, 7) is 2.21. The lowest BCUT2D eigenvalue weighted by atomic mass is 10.2. The van der Waals surface area contributed by atoms with E-state index >= 15 is 0 Å². The second-order valence-electron chi connectivity index (χ2n) is 3.17. The first kappa shape index (κ1) is 12.8. The first-order valence-electron chi connectivity index (χ1n) is 5.07. The Labute approximate surface area is 85.1 Å². The molecule has 0 bridgehead atoms. The van der Waals surface area contributed by atoms with E-state index in [4.69, 9.17) is 5.11 Å². The molecule has 0 saturated carbocycles. The Bertz CT molecular complexity index is 126. The molecule has 0 aliphatic carbocycles. The number of rotatable bonds is 9. The largest absolute Gasteiger partial charge is 0.481 e. The van der Waals surface area contributed by atoms with Crippen LogP contribution in [0.1, 0.15) is 45.4 Å². The van der Waals surface area contributed by atoms with E-state index in [1.807, 2.05) is 0 Å². The Hall–Kier alpha value is -0.180. The van der Waals surface area contributed by atoms with E-state index in [0.29, 0.717) is 6.42 Å². The summed E-state index contributed by atoms with van der Waals surface area (Å²) in [6, 6.07) is 0. The summed E-state index contributed by atoms with van der Waals surface area (Å²) in [5.74, 6) is 1.21. The fourth-order valence-electron chi connectivity index (χ4n) is 1.07. The third-order valence-corrected chi connectivity index (χ3v) is 2.92. The maximum atomic E-state index is 10.2. The first-order valence-corrected chi connectivity index (χ1v) is 6.22. The molecule has 0 aromatic rings. The van der Waals surface area contributed by atoms with Gasteiger partial charge in [0.1, 0.15) is 0 Å². The van der Waals surface area contributed by atoms with Crippen molar-refractivity contribution >= 4 is 17.7 Å². The van der Waals surface area contributed by atoms with Gasteiger partial charge in [0.05, 0.1) is 6.42 Å². The number of aliphatic carboxylic acids is 1. The van der Waals surface area contributed by atoms with Gasteiger partial charge >= 0.3 is 5.97 Å². The van der Waals surface area contributed by atoms with Gasteiger partial charge in [0.15, 0.2) is 0 Å². The predicted octanol–water partition coefficient (Wildman–Crippen LogP) is 3.16. The number of thioether (sulfide) groups is 1.